The molecule has 2 aromatic rings. The van der Waals surface area contributed by atoms with Crippen molar-refractivity contribution < 1.29 is 19.7 Å². The van der Waals surface area contributed by atoms with Gasteiger partial charge in [0.15, 0.2) is 0 Å². The standard InChI is InChI=1S/C17H23N6O4SSe/c1-2-4-22(9(3-5-28)17(25)26)6-10-12(24)13(29)16(27-10)23-8-21-11-14(18)19-7-20-15(11)23/h2,7-10,12-13,16,24,28H,1,3-6H2,(H,25,26)(H2,18,19,20)/t9?,10-,12-,13-,16-/m1/s1. The topological polar surface area (TPSA) is 140 Å². The summed E-state index contributed by atoms with van der Waals surface area (Å²) < 4.78 is 7.81. The Morgan fingerprint density at radius 3 is 2.93 bits per heavy atom. The number of thiol groups is 1. The number of aromatic nitrogens is 4. The van der Waals surface area contributed by atoms with E-state index in [0.717, 1.165) is 0 Å². The van der Waals surface area contributed by atoms with Crippen molar-refractivity contribution in [3.8, 4) is 0 Å². The van der Waals surface area contributed by atoms with Gasteiger partial charge in [0, 0.05) is 0 Å². The first-order valence-electron chi connectivity index (χ1n) is 9.00. The van der Waals surface area contributed by atoms with Crippen LogP contribution in [0.4, 0.5) is 5.82 Å². The molecule has 0 spiro atoms. The van der Waals surface area contributed by atoms with E-state index < -0.39 is 35.3 Å². The van der Waals surface area contributed by atoms with Crippen molar-refractivity contribution in [3.63, 3.8) is 0 Å². The molecule has 0 aromatic carbocycles. The number of nitrogens with zero attached hydrogens (tertiary/aromatic N) is 5. The first-order chi connectivity index (χ1) is 13.9. The summed E-state index contributed by atoms with van der Waals surface area (Å²) >= 11 is 7.11. The number of anilines is 1. The van der Waals surface area contributed by atoms with Crippen LogP contribution in [0.1, 0.15) is 12.6 Å². The average molecular weight is 486 g/mol. The third-order valence-electron chi connectivity index (χ3n) is 4.88. The number of carboxylic acid groups (broad SMARTS) is 1. The van der Waals surface area contributed by atoms with Crippen LogP contribution in [0.2, 0.25) is 4.82 Å². The molecule has 1 saturated heterocycles. The van der Waals surface area contributed by atoms with Crippen molar-refractivity contribution >= 4 is 51.6 Å². The number of hydrogen-bond donors (Lipinski definition) is 4. The molecule has 0 aliphatic carbocycles. The minimum absolute atomic E-state index is 0.219. The van der Waals surface area contributed by atoms with E-state index >= 15 is 0 Å². The van der Waals surface area contributed by atoms with E-state index in [1.165, 1.54) is 6.33 Å². The molecule has 5 atom stereocenters. The van der Waals surface area contributed by atoms with Crippen LogP contribution in [0.3, 0.4) is 0 Å². The van der Waals surface area contributed by atoms with Crippen molar-refractivity contribution in [1.82, 2.24) is 24.4 Å². The molecule has 12 heteroatoms. The molecule has 3 heterocycles. The number of rotatable bonds is 9. The molecule has 157 valence electrons. The average Bonchev–Trinajstić information content (AvgIpc) is 3.23. The van der Waals surface area contributed by atoms with Gasteiger partial charge in [-0.15, -0.1) is 0 Å². The van der Waals surface area contributed by atoms with Crippen molar-refractivity contribution in [3.05, 3.63) is 25.3 Å². The SMILES string of the molecule is C=CCN(C[C@H]1O[C@@H](n2cnc3c(N)ncnc32)[C@H]([Se])[C@@H]1O)C(CCS)C(=O)O. The number of aliphatic hydroxyl groups is 1. The number of hydrogen-bond acceptors (Lipinski definition) is 9. The number of fused-ring (bicyclic) bond motifs is 1. The zero-order valence-electron chi connectivity index (χ0n) is 15.5. The fraction of sp³-hybridized carbons (Fsp3) is 0.529. The molecule has 1 unspecified atom stereocenters. The molecule has 29 heavy (non-hydrogen) atoms. The molecule has 1 aliphatic heterocycles. The molecule has 3 rings (SSSR count). The number of aliphatic carboxylic acids is 1. The fourth-order valence-corrected chi connectivity index (χ4v) is 4.48. The van der Waals surface area contributed by atoms with E-state index in [9.17, 15) is 15.0 Å². The van der Waals surface area contributed by atoms with Gasteiger partial charge >= 0.3 is 181 Å². The van der Waals surface area contributed by atoms with Crippen molar-refractivity contribution in [2.75, 3.05) is 24.6 Å². The number of imidazole rings is 1. The predicted octanol–water partition coefficient (Wildman–Crippen LogP) is -0.115. The molecular weight excluding hydrogens is 463 g/mol. The molecule has 10 nitrogen and oxygen atoms in total. The van der Waals surface area contributed by atoms with Crippen LogP contribution >= 0.6 is 12.6 Å². The maximum absolute atomic E-state index is 11.7. The molecule has 2 aromatic heterocycles. The van der Waals surface area contributed by atoms with Gasteiger partial charge < -0.3 is 0 Å². The van der Waals surface area contributed by atoms with E-state index in [0.29, 0.717) is 29.9 Å². The Morgan fingerprint density at radius 2 is 2.28 bits per heavy atom. The van der Waals surface area contributed by atoms with Crippen LogP contribution in [0.15, 0.2) is 25.3 Å². The summed E-state index contributed by atoms with van der Waals surface area (Å²) in [6.07, 6.45) is 2.83. The normalized spacial score (nSPS) is 25.5. The summed E-state index contributed by atoms with van der Waals surface area (Å²) in [4.78, 5) is 25.4. The molecule has 4 N–H and O–H groups in total. The van der Waals surface area contributed by atoms with Gasteiger partial charge in [0.05, 0.1) is 0 Å². The minimum atomic E-state index is -0.947. The van der Waals surface area contributed by atoms with Crippen molar-refractivity contribution in [1.29, 1.82) is 0 Å². The first-order valence-corrected chi connectivity index (χ1v) is 10.6. The molecule has 0 amide bonds. The Hall–Kier alpha value is -1.69. The van der Waals surface area contributed by atoms with E-state index in [4.69, 9.17) is 10.5 Å². The van der Waals surface area contributed by atoms with E-state index in [1.54, 1.807) is 21.9 Å². The molecule has 1 aliphatic rings. The van der Waals surface area contributed by atoms with Crippen LogP contribution in [-0.4, -0.2) is 93.7 Å². The van der Waals surface area contributed by atoms with E-state index in [-0.39, 0.29) is 12.4 Å². The summed E-state index contributed by atoms with van der Waals surface area (Å²) in [6.45, 7) is 4.27. The summed E-state index contributed by atoms with van der Waals surface area (Å²) in [5.74, 6) is -0.265. The van der Waals surface area contributed by atoms with Gasteiger partial charge in [-0.3, -0.25) is 0 Å². The Kier molecular flexibility index (Phi) is 7.14. The third-order valence-corrected chi connectivity index (χ3v) is 6.21. The summed E-state index contributed by atoms with van der Waals surface area (Å²) in [5, 5.41) is 20.3. The first kappa shape index (κ1) is 22.0. The molecular formula is C17H23N6O4SSe. The quantitative estimate of drug-likeness (QED) is 0.217. The van der Waals surface area contributed by atoms with Gasteiger partial charge in [-0.05, 0) is 0 Å². The van der Waals surface area contributed by atoms with Crippen LogP contribution < -0.4 is 5.73 Å². The van der Waals surface area contributed by atoms with Gasteiger partial charge in [-0.25, -0.2) is 0 Å². The van der Waals surface area contributed by atoms with Gasteiger partial charge in [-0.1, -0.05) is 0 Å². The molecule has 0 saturated carbocycles. The second-order valence-corrected chi connectivity index (χ2v) is 8.30. The van der Waals surface area contributed by atoms with Gasteiger partial charge in [0.25, 0.3) is 0 Å². The maximum atomic E-state index is 11.7. The number of aliphatic hydroxyl groups excluding tert-OH is 1. The Morgan fingerprint density at radius 1 is 1.52 bits per heavy atom. The Labute approximate surface area is 181 Å². The number of ether oxygens (including phenoxy) is 1. The van der Waals surface area contributed by atoms with Crippen molar-refractivity contribution in [2.24, 2.45) is 0 Å². The second kappa shape index (κ2) is 9.41. The number of carbonyl (C=O) groups is 1. The third kappa shape index (κ3) is 4.42. The monoisotopic (exact) mass is 487 g/mol. The molecule has 1 fully saturated rings. The van der Waals surface area contributed by atoms with Gasteiger partial charge in [0.2, 0.25) is 0 Å². The summed E-state index contributed by atoms with van der Waals surface area (Å²) in [7, 11) is 0. The number of nitrogens with two attached hydrogens (primary N) is 1. The van der Waals surface area contributed by atoms with E-state index in [1.807, 2.05) is 0 Å². The van der Waals surface area contributed by atoms with Crippen LogP contribution in [0.5, 0.6) is 0 Å². The zero-order valence-corrected chi connectivity index (χ0v) is 18.1. The fourth-order valence-electron chi connectivity index (χ4n) is 3.46. The summed E-state index contributed by atoms with van der Waals surface area (Å²) in [5.41, 5.74) is 6.79. The summed E-state index contributed by atoms with van der Waals surface area (Å²) in [6, 6.07) is -0.749. The Bertz CT molecular complexity index is 883. The van der Waals surface area contributed by atoms with Crippen LogP contribution in [0.25, 0.3) is 11.2 Å². The van der Waals surface area contributed by atoms with Crippen LogP contribution in [0, 0.1) is 0 Å². The van der Waals surface area contributed by atoms with Gasteiger partial charge in [-0.2, -0.15) is 0 Å². The predicted molar refractivity (Wildman–Crippen MR) is 111 cm³/mol. The number of carboxylic acids is 1. The molecule has 0 bridgehead atoms. The number of nitrogen functional groups attached to an aromatic ring is 1. The zero-order chi connectivity index (χ0) is 21.1. The second-order valence-electron chi connectivity index (χ2n) is 6.71. The van der Waals surface area contributed by atoms with Crippen LogP contribution in [-0.2, 0) is 9.53 Å². The molecule has 1 radical (unpaired) electrons. The Balaban J connectivity index is 1.83. The van der Waals surface area contributed by atoms with Gasteiger partial charge in [0.1, 0.15) is 0 Å². The van der Waals surface area contributed by atoms with E-state index in [2.05, 4.69) is 50.2 Å². The van der Waals surface area contributed by atoms with Crippen molar-refractivity contribution in [2.45, 2.75) is 35.7 Å².